The van der Waals surface area contributed by atoms with Crippen molar-refractivity contribution in [1.82, 2.24) is 0 Å². The first-order chi connectivity index (χ1) is 19.2. The highest BCUT2D eigenvalue weighted by Crippen LogP contribution is 2.54. The first-order valence-corrected chi connectivity index (χ1v) is 14.1. The van der Waals surface area contributed by atoms with Gasteiger partial charge in [0, 0.05) is 37.2 Å². The van der Waals surface area contributed by atoms with Gasteiger partial charge in [-0.3, -0.25) is 24.0 Å². The van der Waals surface area contributed by atoms with Crippen LogP contribution in [0.2, 0.25) is 0 Å². The number of hydrogen-bond acceptors (Lipinski definition) is 8. The highest BCUT2D eigenvalue weighted by Gasteiger charge is 2.69. The Morgan fingerprint density at radius 3 is 2.27 bits per heavy atom. The summed E-state index contributed by atoms with van der Waals surface area (Å²) < 4.78 is 0. The minimum absolute atomic E-state index is 0.00591. The summed E-state index contributed by atoms with van der Waals surface area (Å²) in [6.07, 6.45) is 1.12. The first-order valence-electron chi connectivity index (χ1n) is 14.1. The molecule has 9 nitrogen and oxygen atoms in total. The molecule has 2 unspecified atom stereocenters. The van der Waals surface area contributed by atoms with Gasteiger partial charge in [0.25, 0.3) is 0 Å². The summed E-state index contributed by atoms with van der Waals surface area (Å²) in [6, 6.07) is 9.44. The van der Waals surface area contributed by atoms with Crippen molar-refractivity contribution in [3.8, 4) is 16.9 Å². The fourth-order valence-corrected chi connectivity index (χ4v) is 7.44. The molecule has 0 aliphatic heterocycles. The van der Waals surface area contributed by atoms with Gasteiger partial charge < -0.3 is 20.8 Å². The maximum atomic E-state index is 14.2. The molecule has 9 heteroatoms. The van der Waals surface area contributed by atoms with Crippen molar-refractivity contribution in [1.29, 1.82) is 0 Å². The number of benzene rings is 2. The highest BCUT2D eigenvalue weighted by molar-refractivity contribution is 6.32. The lowest BCUT2D eigenvalue weighted by Gasteiger charge is -2.52. The summed E-state index contributed by atoms with van der Waals surface area (Å²) in [4.78, 5) is 69.1. The molecule has 4 N–H and O–H groups in total. The SMILES string of the molecule is CCc1ccc(-c2cc(N(C)C)c3c(c2O)C(=O)C2C(=O)[C@]4(O)C(=O)C(C(N)=O)C(=O)[C@@H](C(C)C)[C@@H]4C[C@@H]2C3)cc1. The Morgan fingerprint density at radius 2 is 1.73 bits per heavy atom. The van der Waals surface area contributed by atoms with Crippen molar-refractivity contribution in [3.05, 3.63) is 47.0 Å². The van der Waals surface area contributed by atoms with Crippen LogP contribution in [0.5, 0.6) is 5.75 Å². The van der Waals surface area contributed by atoms with Gasteiger partial charge in [0.1, 0.15) is 5.75 Å². The van der Waals surface area contributed by atoms with E-state index in [2.05, 4.69) is 0 Å². The fraction of sp³-hybridized carbons (Fsp3) is 0.469. The molecule has 0 heterocycles. The molecule has 3 aliphatic carbocycles. The molecule has 0 saturated heterocycles. The normalized spacial score (nSPS) is 29.2. The van der Waals surface area contributed by atoms with Gasteiger partial charge in [-0.05, 0) is 53.9 Å². The topological polar surface area (TPSA) is 155 Å². The van der Waals surface area contributed by atoms with E-state index in [4.69, 9.17) is 5.73 Å². The molecule has 1 amide bonds. The van der Waals surface area contributed by atoms with E-state index in [-0.39, 0.29) is 24.2 Å². The molecule has 5 rings (SSSR count). The number of nitrogens with zero attached hydrogens (tertiary/aromatic N) is 1. The molecule has 41 heavy (non-hydrogen) atoms. The molecular weight excluding hydrogens is 524 g/mol. The zero-order valence-electron chi connectivity index (χ0n) is 23.9. The summed E-state index contributed by atoms with van der Waals surface area (Å²) in [7, 11) is 3.66. The third-order valence-electron chi connectivity index (χ3n) is 9.44. The average Bonchev–Trinajstić information content (AvgIpc) is 2.90. The Hall–Kier alpha value is -3.85. The number of primary amides is 1. The van der Waals surface area contributed by atoms with Crippen LogP contribution in [-0.4, -0.2) is 58.9 Å². The van der Waals surface area contributed by atoms with Crippen LogP contribution in [0.25, 0.3) is 11.1 Å². The molecule has 0 radical (unpaired) electrons. The highest BCUT2D eigenvalue weighted by atomic mass is 16.3. The molecular formula is C32H36N2O7. The second-order valence-electron chi connectivity index (χ2n) is 12.2. The summed E-state index contributed by atoms with van der Waals surface area (Å²) in [5.41, 5.74) is 6.21. The zero-order valence-corrected chi connectivity index (χ0v) is 23.9. The van der Waals surface area contributed by atoms with Crippen LogP contribution in [0.1, 0.15) is 48.7 Å². The van der Waals surface area contributed by atoms with Crippen LogP contribution in [0.15, 0.2) is 30.3 Å². The molecule has 0 spiro atoms. The number of aromatic hydroxyl groups is 1. The van der Waals surface area contributed by atoms with Gasteiger partial charge >= 0.3 is 0 Å². The monoisotopic (exact) mass is 560 g/mol. The third-order valence-corrected chi connectivity index (χ3v) is 9.44. The fourth-order valence-electron chi connectivity index (χ4n) is 7.44. The van der Waals surface area contributed by atoms with Crippen LogP contribution in [-0.2, 0) is 32.0 Å². The summed E-state index contributed by atoms with van der Waals surface area (Å²) in [5, 5.41) is 23.3. The van der Waals surface area contributed by atoms with E-state index in [1.54, 1.807) is 13.8 Å². The third kappa shape index (κ3) is 4.04. The summed E-state index contributed by atoms with van der Waals surface area (Å²) >= 11 is 0. The quantitative estimate of drug-likeness (QED) is 0.471. The number of ketones is 4. The predicted molar refractivity (Wildman–Crippen MR) is 151 cm³/mol. The van der Waals surface area contributed by atoms with E-state index in [1.807, 2.05) is 56.3 Å². The lowest BCUT2D eigenvalue weighted by atomic mass is 9.49. The van der Waals surface area contributed by atoms with E-state index in [0.29, 0.717) is 22.4 Å². The van der Waals surface area contributed by atoms with Crippen LogP contribution in [0, 0.1) is 35.5 Å². The van der Waals surface area contributed by atoms with Crippen LogP contribution in [0.3, 0.4) is 0 Å². The van der Waals surface area contributed by atoms with Gasteiger partial charge in [-0.1, -0.05) is 45.0 Å². The van der Waals surface area contributed by atoms with Crippen LogP contribution < -0.4 is 10.6 Å². The number of hydrogen-bond donors (Lipinski definition) is 3. The average molecular weight is 561 g/mol. The Balaban J connectivity index is 1.67. The van der Waals surface area contributed by atoms with Gasteiger partial charge in [-0.25, -0.2) is 0 Å². The second kappa shape index (κ2) is 9.91. The Kier molecular flexibility index (Phi) is 6.93. The zero-order chi connectivity index (χ0) is 30.1. The number of phenols is 1. The smallest absolute Gasteiger partial charge is 0.235 e. The number of aryl methyl sites for hydroxylation is 1. The van der Waals surface area contributed by atoms with E-state index >= 15 is 0 Å². The molecule has 216 valence electrons. The number of fused-ring (bicyclic) bond motifs is 3. The lowest BCUT2D eigenvalue weighted by molar-refractivity contribution is -0.182. The Morgan fingerprint density at radius 1 is 1.10 bits per heavy atom. The van der Waals surface area contributed by atoms with E-state index in [1.165, 1.54) is 0 Å². The molecule has 0 aromatic heterocycles. The molecule has 2 saturated carbocycles. The molecule has 6 atom stereocenters. The number of anilines is 1. The van der Waals surface area contributed by atoms with Crippen molar-refractivity contribution >= 4 is 34.7 Å². The largest absolute Gasteiger partial charge is 0.507 e. The molecule has 2 aromatic carbocycles. The van der Waals surface area contributed by atoms with Crippen LogP contribution >= 0.6 is 0 Å². The summed E-state index contributed by atoms with van der Waals surface area (Å²) in [5.74, 6) is -11.5. The van der Waals surface area contributed by atoms with Crippen molar-refractivity contribution < 1.29 is 34.2 Å². The minimum Gasteiger partial charge on any atom is -0.507 e. The van der Waals surface area contributed by atoms with Gasteiger partial charge in [0.2, 0.25) is 5.91 Å². The number of Topliss-reactive ketones (excluding diaryl/α,β-unsaturated/α-hetero) is 4. The van der Waals surface area contributed by atoms with Crippen molar-refractivity contribution in [2.24, 2.45) is 41.2 Å². The van der Waals surface area contributed by atoms with Crippen molar-refractivity contribution in [2.75, 3.05) is 19.0 Å². The van der Waals surface area contributed by atoms with Gasteiger partial charge in [-0.15, -0.1) is 0 Å². The first kappa shape index (κ1) is 28.7. The van der Waals surface area contributed by atoms with E-state index < -0.39 is 70.1 Å². The number of phenolic OH excluding ortho intramolecular Hbond substituents is 1. The van der Waals surface area contributed by atoms with Crippen LogP contribution in [0.4, 0.5) is 5.69 Å². The number of carbonyl (C=O) groups is 5. The Labute approximate surface area is 238 Å². The Bertz CT molecular complexity index is 1490. The number of nitrogens with two attached hydrogens (primary N) is 1. The van der Waals surface area contributed by atoms with E-state index in [0.717, 1.165) is 12.0 Å². The molecule has 0 bridgehead atoms. The molecule has 3 aliphatic rings. The maximum absolute atomic E-state index is 14.2. The minimum atomic E-state index is -2.70. The predicted octanol–water partition coefficient (Wildman–Crippen LogP) is 2.50. The standard InChI is InChI=1S/C32H36N2O7/c1-6-15-7-9-16(10-8-15)18-13-21(34(4)5)19-11-17-12-20-22(14(2)3)27(36)25(31(33)40)30(39)32(20,41)29(38)23(17)28(37)24(19)26(18)35/h7-10,13-14,17,20,22-23,25,35,41H,6,11-12H2,1-5H3,(H2,33,40)/t17-,20-,22-,23?,25?,32-/m0/s1. The molecule has 2 aromatic rings. The number of aliphatic hydroxyl groups is 1. The van der Waals surface area contributed by atoms with Gasteiger partial charge in [0.15, 0.2) is 34.7 Å². The maximum Gasteiger partial charge on any atom is 0.235 e. The number of amides is 1. The van der Waals surface area contributed by atoms with Crippen molar-refractivity contribution in [2.45, 2.75) is 45.6 Å². The molecule has 2 fully saturated rings. The lowest BCUT2D eigenvalue weighted by Crippen LogP contribution is -2.71. The number of rotatable bonds is 5. The van der Waals surface area contributed by atoms with Gasteiger partial charge in [-0.2, -0.15) is 0 Å². The second-order valence-corrected chi connectivity index (χ2v) is 12.2. The number of carbonyl (C=O) groups excluding carboxylic acids is 5. The van der Waals surface area contributed by atoms with E-state index in [9.17, 15) is 34.2 Å². The summed E-state index contributed by atoms with van der Waals surface area (Å²) in [6.45, 7) is 5.49. The van der Waals surface area contributed by atoms with Crippen molar-refractivity contribution in [3.63, 3.8) is 0 Å². The van der Waals surface area contributed by atoms with Gasteiger partial charge in [0.05, 0.1) is 11.5 Å².